The van der Waals surface area contributed by atoms with Gasteiger partial charge in [-0.2, -0.15) is 6.42 Å². The number of rotatable bonds is 0. The monoisotopic (exact) mass is 150 g/mol. The summed E-state index contributed by atoms with van der Waals surface area (Å²) in [5, 5.41) is 0. The van der Waals surface area contributed by atoms with Crippen molar-refractivity contribution in [3.05, 3.63) is 6.92 Å². The summed E-state index contributed by atoms with van der Waals surface area (Å²) in [6.45, 7) is 5.50. The van der Waals surface area contributed by atoms with E-state index in [0.29, 0.717) is 0 Å². The molecule has 4 heavy (non-hydrogen) atoms. The Morgan fingerprint density at radius 1 is 1.75 bits per heavy atom. The van der Waals surface area contributed by atoms with E-state index in [4.69, 9.17) is 0 Å². The molecule has 0 saturated heterocycles. The predicted molar refractivity (Wildman–Crippen MR) is 15.6 cm³/mol. The summed E-state index contributed by atoms with van der Waals surface area (Å²) in [5.41, 5.74) is 0. The van der Waals surface area contributed by atoms with Gasteiger partial charge in [-0.05, 0) is 0 Å². The molecule has 0 amide bonds. The molecule has 0 fully saturated rings. The Morgan fingerprint density at radius 2 is 1.75 bits per heavy atom. The maximum atomic E-state index is 3.49. The minimum absolute atomic E-state index is 0. The number of hydrogen-bond acceptors (Lipinski definition) is 0. The molecule has 0 rings (SSSR count). The Hall–Kier alpha value is 0.740. The molecule has 0 heterocycles. The van der Waals surface area contributed by atoms with Crippen molar-refractivity contribution in [2.45, 2.75) is 13.3 Å². The molecule has 0 N–H and O–H groups in total. The van der Waals surface area contributed by atoms with E-state index in [1.165, 1.54) is 0 Å². The summed E-state index contributed by atoms with van der Waals surface area (Å²) in [4.78, 5) is 0. The minimum atomic E-state index is 0. The van der Waals surface area contributed by atoms with E-state index in [0.717, 1.165) is 6.42 Å². The van der Waals surface area contributed by atoms with E-state index in [1.807, 2.05) is 6.92 Å². The van der Waals surface area contributed by atoms with Crippen LogP contribution in [0.2, 0.25) is 0 Å². The van der Waals surface area contributed by atoms with Crippen LogP contribution in [0.4, 0.5) is 0 Å². The van der Waals surface area contributed by atoms with Gasteiger partial charge in [-0.3, -0.25) is 0 Å². The minimum Gasteiger partial charge on any atom is -0.344 e. The van der Waals surface area contributed by atoms with Gasteiger partial charge >= 0.3 is 22.4 Å². The smallest absolute Gasteiger partial charge is 0.344 e. The van der Waals surface area contributed by atoms with Crippen LogP contribution in [0.3, 0.4) is 0 Å². The largest absolute Gasteiger partial charge is 1.00 e. The first-order chi connectivity index (χ1) is 1.41. The van der Waals surface area contributed by atoms with Crippen molar-refractivity contribution < 1.29 is 22.4 Å². The Bertz CT molecular complexity index is 3.25. The third kappa shape index (κ3) is 15.1. The third-order valence-electron chi connectivity index (χ3n) is 0. The molecule has 0 aromatic heterocycles. The van der Waals surface area contributed by atoms with Crippen molar-refractivity contribution in [3.8, 4) is 0 Å². The molecule has 0 spiro atoms. The molecule has 0 unspecified atom stereocenters. The molecule has 0 aromatic rings. The van der Waals surface area contributed by atoms with Gasteiger partial charge in [0.05, 0.1) is 0 Å². The zero-order valence-corrected chi connectivity index (χ0v) is 4.20. The van der Waals surface area contributed by atoms with Gasteiger partial charge < -0.3 is 6.92 Å². The van der Waals surface area contributed by atoms with Crippen LogP contribution in [-0.4, -0.2) is 0 Å². The normalized spacial score (nSPS) is 4.50. The van der Waals surface area contributed by atoms with Crippen LogP contribution in [0.15, 0.2) is 0 Å². The Labute approximate surface area is 43.1 Å². The van der Waals surface area contributed by atoms with Crippen molar-refractivity contribution in [1.29, 1.82) is 0 Å². The fraction of sp³-hybridized carbons (Fsp3) is 0.667. The van der Waals surface area contributed by atoms with Gasteiger partial charge in [0.25, 0.3) is 0 Å². The van der Waals surface area contributed by atoms with Gasteiger partial charge in [-0.25, -0.2) is 0 Å². The molecule has 0 aliphatic carbocycles. The SMILES string of the molecule is [Ag+].[CH2-]CC. The zero-order chi connectivity index (χ0) is 2.71. The summed E-state index contributed by atoms with van der Waals surface area (Å²) in [6, 6.07) is 0. The Kier molecular flexibility index (Phi) is 20.5. The topological polar surface area (TPSA) is 0 Å². The second kappa shape index (κ2) is 9.27. The molecule has 0 atom stereocenters. The predicted octanol–water partition coefficient (Wildman–Crippen LogP) is 1.23. The Morgan fingerprint density at radius 3 is 1.75 bits per heavy atom. The summed E-state index contributed by atoms with van der Waals surface area (Å²) < 4.78 is 0. The van der Waals surface area contributed by atoms with E-state index in [2.05, 4.69) is 6.92 Å². The van der Waals surface area contributed by atoms with Crippen molar-refractivity contribution in [2.75, 3.05) is 0 Å². The molecule has 0 bridgehead atoms. The van der Waals surface area contributed by atoms with Crippen molar-refractivity contribution in [3.63, 3.8) is 0 Å². The first kappa shape index (κ1) is 8.83. The van der Waals surface area contributed by atoms with Crippen LogP contribution in [0.25, 0.3) is 0 Å². The van der Waals surface area contributed by atoms with Crippen LogP contribution in [-0.2, 0) is 22.4 Å². The van der Waals surface area contributed by atoms with Gasteiger partial charge in [0.15, 0.2) is 0 Å². The van der Waals surface area contributed by atoms with Crippen LogP contribution in [0.5, 0.6) is 0 Å². The molecule has 0 aromatic carbocycles. The van der Waals surface area contributed by atoms with E-state index < -0.39 is 0 Å². The maximum absolute atomic E-state index is 3.49. The molecular formula is C3H7Ag. The van der Waals surface area contributed by atoms with Gasteiger partial charge in [-0.15, -0.1) is 0 Å². The summed E-state index contributed by atoms with van der Waals surface area (Å²) in [7, 11) is 0. The van der Waals surface area contributed by atoms with Crippen molar-refractivity contribution >= 4 is 0 Å². The van der Waals surface area contributed by atoms with Crippen molar-refractivity contribution in [1.82, 2.24) is 0 Å². The average molecular weight is 151 g/mol. The fourth-order valence-electron chi connectivity index (χ4n) is 0. The maximum Gasteiger partial charge on any atom is 1.00 e. The second-order valence-corrected chi connectivity index (χ2v) is 0.500. The molecule has 0 saturated carbocycles. The second-order valence-electron chi connectivity index (χ2n) is 0.500. The third-order valence-corrected chi connectivity index (χ3v) is 0. The fourth-order valence-corrected chi connectivity index (χ4v) is 0. The summed E-state index contributed by atoms with van der Waals surface area (Å²) in [5.74, 6) is 0. The zero-order valence-electron chi connectivity index (χ0n) is 2.72. The number of hydrogen-bond donors (Lipinski definition) is 0. The first-order valence-corrected chi connectivity index (χ1v) is 1.21. The molecule has 30 valence electrons. The Balaban J connectivity index is 0. The van der Waals surface area contributed by atoms with E-state index in [9.17, 15) is 0 Å². The first-order valence-electron chi connectivity index (χ1n) is 1.21. The standard InChI is InChI=1S/C3H7.Ag/c1-3-2;/h1,3H2,2H3;/q-1;+1. The van der Waals surface area contributed by atoms with Crippen LogP contribution < -0.4 is 0 Å². The molecule has 0 nitrogen and oxygen atoms in total. The van der Waals surface area contributed by atoms with Crippen LogP contribution in [0.1, 0.15) is 13.3 Å². The average Bonchev–Trinajstić information content (AvgIpc) is 0.918. The molecule has 0 aliphatic heterocycles. The molecule has 0 radical (unpaired) electrons. The van der Waals surface area contributed by atoms with Crippen LogP contribution in [0, 0.1) is 6.92 Å². The van der Waals surface area contributed by atoms with Gasteiger partial charge in [0.2, 0.25) is 0 Å². The van der Waals surface area contributed by atoms with E-state index in [1.54, 1.807) is 0 Å². The van der Waals surface area contributed by atoms with E-state index in [-0.39, 0.29) is 22.4 Å². The summed E-state index contributed by atoms with van der Waals surface area (Å²) in [6.07, 6.45) is 1.00. The van der Waals surface area contributed by atoms with Gasteiger partial charge in [0, 0.05) is 0 Å². The van der Waals surface area contributed by atoms with Gasteiger partial charge in [0.1, 0.15) is 0 Å². The molecule has 0 aliphatic rings. The molecule has 1 heteroatoms. The van der Waals surface area contributed by atoms with E-state index >= 15 is 0 Å². The van der Waals surface area contributed by atoms with Crippen molar-refractivity contribution in [2.24, 2.45) is 0 Å². The van der Waals surface area contributed by atoms with Crippen LogP contribution >= 0.6 is 0 Å². The quantitative estimate of drug-likeness (QED) is 0.360. The summed E-state index contributed by atoms with van der Waals surface area (Å²) >= 11 is 0. The van der Waals surface area contributed by atoms with Gasteiger partial charge in [-0.1, -0.05) is 6.92 Å². The molecular weight excluding hydrogens is 144 g/mol.